The fourth-order valence-corrected chi connectivity index (χ4v) is 13.4. The molecule has 1 atom stereocenters. The SMILES string of the molecule is CCCCCCCCCCCCCCC(C(=O)c1cnc(N2CCN(C)CC2)cn1)N1Cc2nc(-c3nn(COCC[Si](C)(C)Cc4ccc(O)cc4CC)c4ccccc34)n(COCC[Si](C)(C)C)c2C1. The minimum Gasteiger partial charge on any atom is -0.508 e. The van der Waals surface area contributed by atoms with Crippen molar-refractivity contribution in [3.8, 4) is 17.3 Å². The monoisotopic (exact) mass is 1020 g/mol. The second-order valence-electron chi connectivity index (χ2n) is 22.9. The minimum atomic E-state index is -1.65. The molecule has 0 spiro atoms. The molecule has 0 radical (unpaired) electrons. The Morgan fingerprint density at radius 1 is 0.764 bits per heavy atom. The van der Waals surface area contributed by atoms with Gasteiger partial charge in [0.25, 0.3) is 0 Å². The van der Waals surface area contributed by atoms with Crippen molar-refractivity contribution < 1.29 is 19.4 Å². The number of anilines is 1. The van der Waals surface area contributed by atoms with E-state index in [0.29, 0.717) is 51.2 Å². The summed E-state index contributed by atoms with van der Waals surface area (Å²) in [6.07, 6.45) is 20.5. The van der Waals surface area contributed by atoms with Crippen LogP contribution in [0.1, 0.15) is 130 Å². The average molecular weight is 1020 g/mol. The smallest absolute Gasteiger partial charge is 0.199 e. The summed E-state index contributed by atoms with van der Waals surface area (Å²) in [5, 5.41) is 16.4. The lowest BCUT2D eigenvalue weighted by Crippen LogP contribution is -2.45. The highest BCUT2D eigenvalue weighted by atomic mass is 28.3. The molecule has 3 aromatic heterocycles. The van der Waals surface area contributed by atoms with Crippen LogP contribution in [0.25, 0.3) is 22.4 Å². The minimum absolute atomic E-state index is 0.0423. The average Bonchev–Trinajstić information content (AvgIpc) is 4.05. The molecule has 5 heterocycles. The molecule has 1 fully saturated rings. The summed E-state index contributed by atoms with van der Waals surface area (Å²) in [5.41, 5.74) is 6.89. The molecular formula is C57H89N9O4Si2. The van der Waals surface area contributed by atoms with E-state index in [1.807, 2.05) is 16.8 Å². The maximum absolute atomic E-state index is 14.7. The molecule has 1 unspecified atom stereocenters. The number of carbonyl (C=O) groups is 1. The second-order valence-corrected chi connectivity index (χ2v) is 33.7. The van der Waals surface area contributed by atoms with Crippen molar-refractivity contribution in [2.24, 2.45) is 0 Å². The van der Waals surface area contributed by atoms with Crippen molar-refractivity contribution in [1.29, 1.82) is 0 Å². The van der Waals surface area contributed by atoms with Gasteiger partial charge in [-0.1, -0.05) is 148 Å². The number of ether oxygens (including phenoxy) is 2. The first-order valence-corrected chi connectivity index (χ1v) is 34.9. The topological polar surface area (TPSA) is 127 Å². The van der Waals surface area contributed by atoms with Crippen molar-refractivity contribution in [2.75, 3.05) is 51.3 Å². The number of hydrogen-bond acceptors (Lipinski definition) is 11. The normalized spacial score (nSPS) is 15.2. The lowest BCUT2D eigenvalue weighted by molar-refractivity contribution is 0.0756. The number of hydrogen-bond donors (Lipinski definition) is 1. The number of rotatable bonds is 31. The number of para-hydroxylation sites is 1. The Hall–Kier alpha value is -4.26. The van der Waals surface area contributed by atoms with Crippen LogP contribution >= 0.6 is 0 Å². The number of phenols is 1. The van der Waals surface area contributed by atoms with Gasteiger partial charge in [-0.05, 0) is 67.3 Å². The molecule has 5 aromatic rings. The van der Waals surface area contributed by atoms with Gasteiger partial charge >= 0.3 is 0 Å². The number of ketones is 1. The standard InChI is InChI=1S/C57H89N9O4Si2/c1-9-11-12-13-14-15-16-17-18-19-20-21-26-52(56(68)49-38-59-54(39-58-49)63-31-29-62(3)30-32-63)64-40-50-53(41-64)65(43-69-33-35-71(4,5)6)57(60-50)55-48-24-22-23-25-51(48)66(61-55)44-70-34-36-72(7,8)42-46-27-28-47(67)37-45(46)10-2/h22-25,27-28,37-39,52,67H,9-21,26,29-36,40-44H2,1-8H3. The van der Waals surface area contributed by atoms with E-state index in [0.717, 1.165) is 110 Å². The number of imidazole rings is 1. The van der Waals surface area contributed by atoms with Crippen molar-refractivity contribution in [2.45, 2.75) is 187 Å². The third-order valence-electron chi connectivity index (χ3n) is 15.1. The van der Waals surface area contributed by atoms with E-state index in [9.17, 15) is 9.90 Å². The molecule has 394 valence electrons. The molecule has 2 aliphatic rings. The van der Waals surface area contributed by atoms with E-state index in [4.69, 9.17) is 29.5 Å². The lowest BCUT2D eigenvalue weighted by atomic mass is 9.99. The number of unbranched alkanes of at least 4 members (excludes halogenated alkanes) is 11. The van der Waals surface area contributed by atoms with Crippen LogP contribution < -0.4 is 4.90 Å². The number of aryl methyl sites for hydroxylation is 1. The van der Waals surface area contributed by atoms with Gasteiger partial charge in [-0.2, -0.15) is 5.10 Å². The van der Waals surface area contributed by atoms with Crippen LogP contribution in [0.3, 0.4) is 0 Å². The first-order chi connectivity index (χ1) is 34.7. The number of piperazine rings is 1. The van der Waals surface area contributed by atoms with Crippen LogP contribution in [0.4, 0.5) is 5.82 Å². The van der Waals surface area contributed by atoms with Crippen molar-refractivity contribution in [3.63, 3.8) is 0 Å². The maximum atomic E-state index is 14.7. The van der Waals surface area contributed by atoms with Crippen LogP contribution in [0.5, 0.6) is 5.75 Å². The summed E-state index contributed by atoms with van der Waals surface area (Å²) >= 11 is 0. The Bertz CT molecular complexity index is 2460. The molecule has 2 aromatic carbocycles. The largest absolute Gasteiger partial charge is 0.508 e. The number of likely N-dealkylation sites (N-methyl/N-ethyl adjacent to an activating group) is 1. The highest BCUT2D eigenvalue weighted by molar-refractivity contribution is 6.77. The van der Waals surface area contributed by atoms with Gasteiger partial charge in [0, 0.05) is 65.9 Å². The first-order valence-electron chi connectivity index (χ1n) is 27.8. The van der Waals surface area contributed by atoms with Gasteiger partial charge in [0.2, 0.25) is 0 Å². The van der Waals surface area contributed by atoms with Crippen LogP contribution in [-0.4, -0.2) is 119 Å². The van der Waals surface area contributed by atoms with Crippen LogP contribution in [0.2, 0.25) is 44.8 Å². The number of aromatic nitrogens is 6. The fraction of sp³-hybridized carbons (Fsp3) is 0.632. The van der Waals surface area contributed by atoms with E-state index in [-0.39, 0.29) is 11.8 Å². The van der Waals surface area contributed by atoms with Gasteiger partial charge < -0.3 is 28.9 Å². The third kappa shape index (κ3) is 15.6. The molecular weight excluding hydrogens is 931 g/mol. The number of phenolic OH excluding ortho intramolecular Hbond substituents is 1. The predicted molar refractivity (Wildman–Crippen MR) is 299 cm³/mol. The maximum Gasteiger partial charge on any atom is 0.199 e. The molecule has 0 amide bonds. The number of carbonyl (C=O) groups excluding carboxylic acids is 1. The Morgan fingerprint density at radius 3 is 2.12 bits per heavy atom. The van der Waals surface area contributed by atoms with Crippen LogP contribution in [0, 0.1) is 0 Å². The van der Waals surface area contributed by atoms with Crippen molar-refractivity contribution >= 4 is 38.7 Å². The highest BCUT2D eigenvalue weighted by Gasteiger charge is 2.37. The predicted octanol–water partition coefficient (Wildman–Crippen LogP) is 12.1. The number of benzene rings is 2. The Balaban J connectivity index is 1.07. The van der Waals surface area contributed by atoms with Crippen LogP contribution in [0.15, 0.2) is 54.9 Å². The Morgan fingerprint density at radius 2 is 1.44 bits per heavy atom. The fourth-order valence-electron chi connectivity index (χ4n) is 10.4. The molecule has 72 heavy (non-hydrogen) atoms. The summed E-state index contributed by atoms with van der Waals surface area (Å²) in [4.78, 5) is 36.7. The summed E-state index contributed by atoms with van der Waals surface area (Å²) in [7, 11) is -0.837. The molecule has 0 aliphatic carbocycles. The number of Topliss-reactive ketones (excluding diaryl/α,β-unsaturated/α-hetero) is 1. The number of aromatic hydroxyl groups is 1. The van der Waals surface area contributed by atoms with Crippen LogP contribution in [-0.2, 0) is 48.5 Å². The Kier molecular flexibility index (Phi) is 20.7. The highest BCUT2D eigenvalue weighted by Crippen LogP contribution is 2.35. The van der Waals surface area contributed by atoms with E-state index >= 15 is 0 Å². The van der Waals surface area contributed by atoms with Crippen molar-refractivity contribution in [3.05, 3.63) is 83.1 Å². The molecule has 7 rings (SSSR count). The lowest BCUT2D eigenvalue weighted by Gasteiger charge is -2.33. The van der Waals surface area contributed by atoms with E-state index < -0.39 is 16.1 Å². The molecule has 2 aliphatic heterocycles. The van der Waals surface area contributed by atoms with Gasteiger partial charge in [-0.25, -0.2) is 19.6 Å². The zero-order chi connectivity index (χ0) is 51.1. The summed E-state index contributed by atoms with van der Waals surface area (Å²) < 4.78 is 17.2. The third-order valence-corrected chi connectivity index (χ3v) is 19.7. The molecule has 1 saturated heterocycles. The second kappa shape index (κ2) is 26.8. The molecule has 13 nitrogen and oxygen atoms in total. The van der Waals surface area contributed by atoms with E-state index in [1.165, 1.54) is 75.3 Å². The zero-order valence-electron chi connectivity index (χ0n) is 45.6. The summed E-state index contributed by atoms with van der Waals surface area (Å²) in [6, 6.07) is 17.0. The number of fused-ring (bicyclic) bond motifs is 2. The van der Waals surface area contributed by atoms with Gasteiger partial charge in [-0.15, -0.1) is 0 Å². The van der Waals surface area contributed by atoms with Gasteiger partial charge in [-0.3, -0.25) is 9.69 Å². The summed E-state index contributed by atoms with van der Waals surface area (Å²) in [5.74, 6) is 2.01. The first kappa shape index (κ1) is 55.5. The zero-order valence-corrected chi connectivity index (χ0v) is 47.6. The molecule has 1 N–H and O–H groups in total. The molecule has 0 bridgehead atoms. The molecule has 15 heteroatoms. The van der Waals surface area contributed by atoms with E-state index in [2.05, 4.69) is 103 Å². The Labute approximate surface area is 434 Å². The van der Waals surface area contributed by atoms with Gasteiger partial charge in [0.05, 0.1) is 43.4 Å². The van der Waals surface area contributed by atoms with Gasteiger partial charge in [0.1, 0.15) is 36.4 Å². The van der Waals surface area contributed by atoms with Crippen molar-refractivity contribution in [1.82, 2.24) is 39.1 Å². The van der Waals surface area contributed by atoms with E-state index in [1.54, 1.807) is 12.4 Å². The summed E-state index contributed by atoms with van der Waals surface area (Å²) in [6.45, 7) is 23.4. The number of nitrogens with zero attached hydrogens (tertiary/aromatic N) is 9. The van der Waals surface area contributed by atoms with Gasteiger partial charge in [0.15, 0.2) is 11.6 Å². The molecule has 0 saturated carbocycles. The quantitative estimate of drug-likeness (QED) is 0.0259.